The summed E-state index contributed by atoms with van der Waals surface area (Å²) in [5.74, 6) is 0.0818. The SMILES string of the molecule is COCCN(Cc1cccn1C)C(=O)CN(CC(C)C)C(=O)Nc1cccc(Cl)c1. The molecular formula is C22H31ClN4O3. The number of urea groups is 1. The molecule has 3 amide bonds. The Hall–Kier alpha value is -2.51. The Morgan fingerprint density at radius 2 is 1.97 bits per heavy atom. The van der Waals surface area contributed by atoms with E-state index in [4.69, 9.17) is 16.3 Å². The second-order valence-electron chi connectivity index (χ2n) is 7.63. The van der Waals surface area contributed by atoms with Crippen molar-refractivity contribution in [3.63, 3.8) is 0 Å². The minimum Gasteiger partial charge on any atom is -0.383 e. The van der Waals surface area contributed by atoms with Crippen molar-refractivity contribution in [2.24, 2.45) is 13.0 Å². The molecule has 2 rings (SSSR count). The summed E-state index contributed by atoms with van der Waals surface area (Å²) in [5.41, 5.74) is 1.60. The van der Waals surface area contributed by atoms with E-state index in [1.807, 2.05) is 43.8 Å². The van der Waals surface area contributed by atoms with Crippen molar-refractivity contribution in [3.05, 3.63) is 53.3 Å². The Bertz CT molecular complexity index is 837. The van der Waals surface area contributed by atoms with Crippen LogP contribution in [0, 0.1) is 5.92 Å². The van der Waals surface area contributed by atoms with Crippen molar-refractivity contribution >= 4 is 29.2 Å². The highest BCUT2D eigenvalue weighted by Crippen LogP contribution is 2.16. The van der Waals surface area contributed by atoms with Gasteiger partial charge in [0, 0.05) is 49.8 Å². The van der Waals surface area contributed by atoms with Gasteiger partial charge in [-0.2, -0.15) is 0 Å². The molecule has 8 heteroatoms. The maximum absolute atomic E-state index is 13.1. The molecule has 0 aliphatic rings. The molecule has 30 heavy (non-hydrogen) atoms. The quantitative estimate of drug-likeness (QED) is 0.617. The number of nitrogens with one attached hydrogen (secondary N) is 1. The van der Waals surface area contributed by atoms with Crippen LogP contribution in [0.2, 0.25) is 5.02 Å². The number of amides is 3. The molecule has 0 atom stereocenters. The van der Waals surface area contributed by atoms with E-state index < -0.39 is 0 Å². The molecule has 0 bridgehead atoms. The first-order valence-corrected chi connectivity index (χ1v) is 10.4. The van der Waals surface area contributed by atoms with Crippen LogP contribution in [0.15, 0.2) is 42.6 Å². The fourth-order valence-corrected chi connectivity index (χ4v) is 3.23. The van der Waals surface area contributed by atoms with E-state index in [9.17, 15) is 9.59 Å². The molecule has 0 saturated carbocycles. The van der Waals surface area contributed by atoms with Crippen molar-refractivity contribution in [3.8, 4) is 0 Å². The van der Waals surface area contributed by atoms with Crippen molar-refractivity contribution < 1.29 is 14.3 Å². The first kappa shape index (κ1) is 23.8. The third-order valence-corrected chi connectivity index (χ3v) is 4.83. The normalized spacial score (nSPS) is 10.9. The number of aryl methyl sites for hydroxylation is 1. The smallest absolute Gasteiger partial charge is 0.322 e. The molecule has 164 valence electrons. The summed E-state index contributed by atoms with van der Waals surface area (Å²) in [6, 6.07) is 10.5. The summed E-state index contributed by atoms with van der Waals surface area (Å²) in [4.78, 5) is 29.2. The zero-order valence-electron chi connectivity index (χ0n) is 18.1. The van der Waals surface area contributed by atoms with Crippen LogP contribution < -0.4 is 5.32 Å². The van der Waals surface area contributed by atoms with Gasteiger partial charge in [-0.1, -0.05) is 31.5 Å². The Morgan fingerprint density at radius 1 is 1.20 bits per heavy atom. The molecule has 2 aromatic rings. The van der Waals surface area contributed by atoms with Gasteiger partial charge in [-0.3, -0.25) is 4.79 Å². The Balaban J connectivity index is 2.11. The standard InChI is InChI=1S/C22H31ClN4O3/c1-17(2)14-27(22(29)24-19-8-5-7-18(23)13-19)16-21(28)26(11-12-30-4)15-20-9-6-10-25(20)3/h5-10,13,17H,11-12,14-16H2,1-4H3,(H,24,29). The number of hydrogen-bond acceptors (Lipinski definition) is 3. The van der Waals surface area contributed by atoms with E-state index in [0.29, 0.717) is 37.0 Å². The number of carbonyl (C=O) groups is 2. The van der Waals surface area contributed by atoms with E-state index in [1.54, 1.807) is 41.2 Å². The number of benzene rings is 1. The first-order valence-electron chi connectivity index (χ1n) is 9.98. The molecule has 1 heterocycles. The maximum Gasteiger partial charge on any atom is 0.322 e. The topological polar surface area (TPSA) is 66.8 Å². The average molecular weight is 435 g/mol. The van der Waals surface area contributed by atoms with Crippen molar-refractivity contribution in [2.45, 2.75) is 20.4 Å². The van der Waals surface area contributed by atoms with Crippen LogP contribution in [0.4, 0.5) is 10.5 Å². The van der Waals surface area contributed by atoms with Gasteiger partial charge < -0.3 is 24.4 Å². The van der Waals surface area contributed by atoms with Crippen LogP contribution in [0.5, 0.6) is 0 Å². The van der Waals surface area contributed by atoms with Crippen LogP contribution >= 0.6 is 11.6 Å². The zero-order valence-corrected chi connectivity index (χ0v) is 18.9. The summed E-state index contributed by atoms with van der Waals surface area (Å²) < 4.78 is 7.15. The number of ether oxygens (including phenoxy) is 1. The number of nitrogens with zero attached hydrogens (tertiary/aromatic N) is 3. The highest BCUT2D eigenvalue weighted by atomic mass is 35.5. The number of methoxy groups -OCH3 is 1. The maximum atomic E-state index is 13.1. The molecular weight excluding hydrogens is 404 g/mol. The van der Waals surface area contributed by atoms with Crippen LogP contribution in [-0.4, -0.2) is 59.7 Å². The zero-order chi connectivity index (χ0) is 22.1. The lowest BCUT2D eigenvalue weighted by Crippen LogP contribution is -2.46. The van der Waals surface area contributed by atoms with Gasteiger partial charge in [-0.25, -0.2) is 4.79 Å². The second kappa shape index (κ2) is 11.6. The predicted octanol–water partition coefficient (Wildman–Crippen LogP) is 3.84. The lowest BCUT2D eigenvalue weighted by atomic mass is 10.2. The van der Waals surface area contributed by atoms with Crippen LogP contribution in [0.1, 0.15) is 19.5 Å². The fourth-order valence-electron chi connectivity index (χ4n) is 3.04. The van der Waals surface area contributed by atoms with Gasteiger partial charge in [0.25, 0.3) is 0 Å². The molecule has 0 saturated heterocycles. The fraction of sp³-hybridized carbons (Fsp3) is 0.455. The van der Waals surface area contributed by atoms with Crippen molar-refractivity contribution in [1.82, 2.24) is 14.4 Å². The molecule has 1 aromatic carbocycles. The van der Waals surface area contributed by atoms with E-state index in [-0.39, 0.29) is 24.4 Å². The molecule has 0 spiro atoms. The molecule has 0 unspecified atom stereocenters. The van der Waals surface area contributed by atoms with Gasteiger partial charge in [-0.05, 0) is 36.2 Å². The van der Waals surface area contributed by atoms with E-state index in [2.05, 4.69) is 5.32 Å². The summed E-state index contributed by atoms with van der Waals surface area (Å²) in [7, 11) is 3.55. The first-order chi connectivity index (χ1) is 14.3. The van der Waals surface area contributed by atoms with Crippen molar-refractivity contribution in [1.29, 1.82) is 0 Å². The molecule has 0 radical (unpaired) electrons. The van der Waals surface area contributed by atoms with Crippen LogP contribution in [0.25, 0.3) is 0 Å². The highest BCUT2D eigenvalue weighted by Gasteiger charge is 2.23. The number of rotatable bonds is 10. The highest BCUT2D eigenvalue weighted by molar-refractivity contribution is 6.30. The lowest BCUT2D eigenvalue weighted by molar-refractivity contribution is -0.133. The van der Waals surface area contributed by atoms with Crippen LogP contribution in [-0.2, 0) is 23.1 Å². The second-order valence-corrected chi connectivity index (χ2v) is 8.07. The predicted molar refractivity (Wildman–Crippen MR) is 120 cm³/mol. The molecule has 1 N–H and O–H groups in total. The number of halogens is 1. The number of anilines is 1. The largest absolute Gasteiger partial charge is 0.383 e. The molecule has 0 aliphatic heterocycles. The minimum atomic E-state index is -0.329. The molecule has 1 aromatic heterocycles. The molecule has 0 fully saturated rings. The van der Waals surface area contributed by atoms with E-state index >= 15 is 0 Å². The monoisotopic (exact) mass is 434 g/mol. The summed E-state index contributed by atoms with van der Waals surface area (Å²) in [5, 5.41) is 3.37. The van der Waals surface area contributed by atoms with Gasteiger partial charge in [-0.15, -0.1) is 0 Å². The summed E-state index contributed by atoms with van der Waals surface area (Å²) in [6.07, 6.45) is 1.94. The lowest BCUT2D eigenvalue weighted by Gasteiger charge is -2.29. The molecule has 7 nitrogen and oxygen atoms in total. The third-order valence-electron chi connectivity index (χ3n) is 4.60. The van der Waals surface area contributed by atoms with Crippen molar-refractivity contribution in [2.75, 3.05) is 38.7 Å². The van der Waals surface area contributed by atoms with E-state index in [0.717, 1.165) is 5.69 Å². The van der Waals surface area contributed by atoms with Gasteiger partial charge in [0.05, 0.1) is 13.2 Å². The summed E-state index contributed by atoms with van der Waals surface area (Å²) in [6.45, 7) is 5.80. The number of carbonyl (C=O) groups excluding carboxylic acids is 2. The number of aromatic nitrogens is 1. The minimum absolute atomic E-state index is 0.0152. The number of hydrogen-bond donors (Lipinski definition) is 1. The Labute approximate surface area is 183 Å². The summed E-state index contributed by atoms with van der Waals surface area (Å²) >= 11 is 6.01. The van der Waals surface area contributed by atoms with Gasteiger partial charge in [0.1, 0.15) is 6.54 Å². The van der Waals surface area contributed by atoms with Gasteiger partial charge >= 0.3 is 6.03 Å². The Morgan fingerprint density at radius 3 is 2.57 bits per heavy atom. The van der Waals surface area contributed by atoms with Crippen LogP contribution in [0.3, 0.4) is 0 Å². The average Bonchev–Trinajstić information content (AvgIpc) is 3.08. The van der Waals surface area contributed by atoms with Gasteiger partial charge in [0.15, 0.2) is 0 Å². The van der Waals surface area contributed by atoms with Gasteiger partial charge in [0.2, 0.25) is 5.91 Å². The van der Waals surface area contributed by atoms with E-state index in [1.165, 1.54) is 0 Å². The third kappa shape index (κ3) is 7.39. The molecule has 0 aliphatic carbocycles. The Kier molecular flexibility index (Phi) is 9.20.